The summed E-state index contributed by atoms with van der Waals surface area (Å²) in [4.78, 5) is 4.51. The molecule has 4 nitrogen and oxygen atoms in total. The second kappa shape index (κ2) is 6.77. The Labute approximate surface area is 128 Å². The van der Waals surface area contributed by atoms with E-state index in [-0.39, 0.29) is 11.7 Å². The molecule has 1 unspecified atom stereocenters. The standard InChI is InChI=1S/C17H28N2O2/c1-4-19-11-9-17(21,10-12-19)16(13-18(2)3)14-5-7-15(20)8-6-14/h5-8,16,20-21H,4,9-13H2,1-3H3. The van der Waals surface area contributed by atoms with Gasteiger partial charge in [-0.1, -0.05) is 19.1 Å². The molecular formula is C17H28N2O2. The summed E-state index contributed by atoms with van der Waals surface area (Å²) in [6.45, 7) is 5.94. The van der Waals surface area contributed by atoms with Crippen LogP contribution < -0.4 is 0 Å². The smallest absolute Gasteiger partial charge is 0.115 e. The van der Waals surface area contributed by atoms with E-state index in [4.69, 9.17) is 0 Å². The summed E-state index contributed by atoms with van der Waals surface area (Å²) < 4.78 is 0. The summed E-state index contributed by atoms with van der Waals surface area (Å²) in [5.74, 6) is 0.349. The van der Waals surface area contributed by atoms with Gasteiger partial charge < -0.3 is 20.0 Å². The van der Waals surface area contributed by atoms with Crippen molar-refractivity contribution in [1.82, 2.24) is 9.80 Å². The summed E-state index contributed by atoms with van der Waals surface area (Å²) in [6.07, 6.45) is 1.61. The Bertz CT molecular complexity index is 437. The molecule has 1 fully saturated rings. The maximum absolute atomic E-state index is 11.2. The van der Waals surface area contributed by atoms with E-state index in [0.717, 1.165) is 44.6 Å². The van der Waals surface area contributed by atoms with Crippen LogP contribution in [0.5, 0.6) is 5.75 Å². The van der Waals surface area contributed by atoms with Gasteiger partial charge in [-0.05, 0) is 51.2 Å². The fourth-order valence-electron chi connectivity index (χ4n) is 3.26. The monoisotopic (exact) mass is 292 g/mol. The van der Waals surface area contributed by atoms with Crippen molar-refractivity contribution >= 4 is 0 Å². The molecule has 0 spiro atoms. The van der Waals surface area contributed by atoms with Crippen LogP contribution in [-0.4, -0.2) is 65.9 Å². The van der Waals surface area contributed by atoms with Gasteiger partial charge in [-0.2, -0.15) is 0 Å². The molecule has 1 atom stereocenters. The van der Waals surface area contributed by atoms with Crippen LogP contribution in [0.15, 0.2) is 24.3 Å². The summed E-state index contributed by atoms with van der Waals surface area (Å²) in [5, 5.41) is 20.7. The van der Waals surface area contributed by atoms with E-state index in [2.05, 4.69) is 16.7 Å². The second-order valence-corrected chi connectivity index (χ2v) is 6.44. The third-order valence-corrected chi connectivity index (χ3v) is 4.66. The number of hydrogen-bond acceptors (Lipinski definition) is 4. The van der Waals surface area contributed by atoms with Crippen LogP contribution in [0, 0.1) is 0 Å². The number of hydrogen-bond donors (Lipinski definition) is 2. The zero-order valence-electron chi connectivity index (χ0n) is 13.4. The van der Waals surface area contributed by atoms with Gasteiger partial charge in [-0.3, -0.25) is 0 Å². The van der Waals surface area contributed by atoms with Gasteiger partial charge in [0.15, 0.2) is 0 Å². The molecule has 2 N–H and O–H groups in total. The third-order valence-electron chi connectivity index (χ3n) is 4.66. The van der Waals surface area contributed by atoms with Gasteiger partial charge in [0.1, 0.15) is 5.75 Å². The number of benzene rings is 1. The first kappa shape index (κ1) is 16.3. The highest BCUT2D eigenvalue weighted by Crippen LogP contribution is 2.37. The summed E-state index contributed by atoms with van der Waals surface area (Å²) in [6, 6.07) is 7.30. The van der Waals surface area contributed by atoms with Crippen molar-refractivity contribution in [3.05, 3.63) is 29.8 Å². The van der Waals surface area contributed by atoms with Gasteiger partial charge in [0, 0.05) is 25.6 Å². The van der Waals surface area contributed by atoms with E-state index in [1.807, 2.05) is 26.2 Å². The van der Waals surface area contributed by atoms with Crippen LogP contribution in [0.2, 0.25) is 0 Å². The number of aliphatic hydroxyl groups is 1. The van der Waals surface area contributed by atoms with E-state index in [1.165, 1.54) is 0 Å². The Morgan fingerprint density at radius 3 is 2.24 bits per heavy atom. The molecule has 0 amide bonds. The predicted octanol–water partition coefficient (Wildman–Crippen LogP) is 1.88. The van der Waals surface area contributed by atoms with Crippen molar-refractivity contribution in [2.45, 2.75) is 31.3 Å². The van der Waals surface area contributed by atoms with Gasteiger partial charge in [0.05, 0.1) is 5.60 Å². The molecule has 21 heavy (non-hydrogen) atoms. The maximum Gasteiger partial charge on any atom is 0.115 e. The second-order valence-electron chi connectivity index (χ2n) is 6.44. The lowest BCUT2D eigenvalue weighted by Crippen LogP contribution is -2.50. The van der Waals surface area contributed by atoms with Crippen molar-refractivity contribution in [2.24, 2.45) is 0 Å². The number of likely N-dealkylation sites (tertiary alicyclic amines) is 1. The molecule has 0 aliphatic carbocycles. The molecule has 0 aromatic heterocycles. The number of piperidine rings is 1. The van der Waals surface area contributed by atoms with Crippen LogP contribution in [0.3, 0.4) is 0 Å². The Balaban J connectivity index is 2.21. The molecule has 1 saturated heterocycles. The van der Waals surface area contributed by atoms with Gasteiger partial charge in [-0.15, -0.1) is 0 Å². The predicted molar refractivity (Wildman–Crippen MR) is 85.7 cm³/mol. The lowest BCUT2D eigenvalue weighted by Gasteiger charge is -2.44. The molecule has 2 rings (SSSR count). The van der Waals surface area contributed by atoms with E-state index in [0.29, 0.717) is 0 Å². The van der Waals surface area contributed by atoms with Gasteiger partial charge >= 0.3 is 0 Å². The maximum atomic E-state index is 11.2. The number of nitrogens with zero attached hydrogens (tertiary/aromatic N) is 2. The largest absolute Gasteiger partial charge is 0.508 e. The molecule has 1 heterocycles. The zero-order chi connectivity index (χ0) is 15.5. The molecule has 1 aliphatic heterocycles. The first-order valence-electron chi connectivity index (χ1n) is 7.83. The SMILES string of the molecule is CCN1CCC(O)(C(CN(C)C)c2ccc(O)cc2)CC1. The molecular weight excluding hydrogens is 264 g/mol. The highest BCUT2D eigenvalue weighted by atomic mass is 16.3. The van der Waals surface area contributed by atoms with E-state index in [1.54, 1.807) is 12.1 Å². The lowest BCUT2D eigenvalue weighted by atomic mass is 9.75. The minimum absolute atomic E-state index is 0.0760. The fraction of sp³-hybridized carbons (Fsp3) is 0.647. The Morgan fingerprint density at radius 1 is 1.19 bits per heavy atom. The van der Waals surface area contributed by atoms with Crippen molar-refractivity contribution in [1.29, 1.82) is 0 Å². The van der Waals surface area contributed by atoms with Crippen LogP contribution in [0.25, 0.3) is 0 Å². The Kier molecular flexibility index (Phi) is 5.25. The van der Waals surface area contributed by atoms with Crippen molar-refractivity contribution in [3.8, 4) is 5.75 Å². The van der Waals surface area contributed by atoms with Crippen molar-refractivity contribution < 1.29 is 10.2 Å². The molecule has 1 aromatic carbocycles. The molecule has 118 valence electrons. The number of rotatable bonds is 5. The van der Waals surface area contributed by atoms with Crippen molar-refractivity contribution in [3.63, 3.8) is 0 Å². The molecule has 4 heteroatoms. The normalized spacial score (nSPS) is 20.6. The quantitative estimate of drug-likeness (QED) is 0.870. The molecule has 1 aromatic rings. The summed E-state index contributed by atoms with van der Waals surface area (Å²) in [7, 11) is 4.08. The third kappa shape index (κ3) is 3.96. The minimum Gasteiger partial charge on any atom is -0.508 e. The summed E-state index contributed by atoms with van der Waals surface area (Å²) in [5.41, 5.74) is 0.446. The van der Waals surface area contributed by atoms with Crippen LogP contribution >= 0.6 is 0 Å². The van der Waals surface area contributed by atoms with Gasteiger partial charge in [-0.25, -0.2) is 0 Å². The Morgan fingerprint density at radius 2 is 1.76 bits per heavy atom. The lowest BCUT2D eigenvalue weighted by molar-refractivity contribution is -0.0469. The first-order valence-corrected chi connectivity index (χ1v) is 7.83. The topological polar surface area (TPSA) is 46.9 Å². The minimum atomic E-state index is -0.660. The number of likely N-dealkylation sites (N-methyl/N-ethyl adjacent to an activating group) is 1. The van der Waals surface area contributed by atoms with Gasteiger partial charge in [0.25, 0.3) is 0 Å². The number of phenolic OH excluding ortho intramolecular Hbond substituents is 1. The van der Waals surface area contributed by atoms with Crippen LogP contribution in [0.1, 0.15) is 31.2 Å². The van der Waals surface area contributed by atoms with E-state index in [9.17, 15) is 10.2 Å². The highest BCUT2D eigenvalue weighted by molar-refractivity contribution is 5.30. The van der Waals surface area contributed by atoms with E-state index >= 15 is 0 Å². The molecule has 0 saturated carbocycles. The fourth-order valence-corrected chi connectivity index (χ4v) is 3.26. The van der Waals surface area contributed by atoms with Crippen LogP contribution in [-0.2, 0) is 0 Å². The van der Waals surface area contributed by atoms with Gasteiger partial charge in [0.2, 0.25) is 0 Å². The zero-order valence-corrected chi connectivity index (χ0v) is 13.4. The van der Waals surface area contributed by atoms with Crippen LogP contribution in [0.4, 0.5) is 0 Å². The van der Waals surface area contributed by atoms with E-state index < -0.39 is 5.60 Å². The first-order chi connectivity index (χ1) is 9.94. The van der Waals surface area contributed by atoms with Crippen molar-refractivity contribution in [2.75, 3.05) is 40.3 Å². The molecule has 0 bridgehead atoms. The average molecular weight is 292 g/mol. The Hall–Kier alpha value is -1.10. The number of phenols is 1. The number of aromatic hydroxyl groups is 1. The summed E-state index contributed by atoms with van der Waals surface area (Å²) >= 11 is 0. The highest BCUT2D eigenvalue weighted by Gasteiger charge is 2.40. The molecule has 0 radical (unpaired) electrons. The average Bonchev–Trinajstić information content (AvgIpc) is 2.46. The molecule has 1 aliphatic rings.